The molecule has 18 heavy (non-hydrogen) atoms. The summed E-state index contributed by atoms with van der Waals surface area (Å²) < 4.78 is 77.4. The molecule has 0 atom stereocenters. The van der Waals surface area contributed by atoms with Gasteiger partial charge in [0.2, 0.25) is 0 Å². The van der Waals surface area contributed by atoms with Crippen LogP contribution in [0.5, 0.6) is 0 Å². The zero-order chi connectivity index (χ0) is 13.8. The fourth-order valence-electron chi connectivity index (χ4n) is 2.80. The summed E-state index contributed by atoms with van der Waals surface area (Å²) in [6.07, 6.45) is -11.5. The molecule has 104 valence electrons. The molecule has 0 aliphatic heterocycles. The number of Topliss-reactive ketones (excluding diaryl/α,β-unsaturated/α-hetero) is 1. The Morgan fingerprint density at radius 1 is 0.722 bits per heavy atom. The van der Waals surface area contributed by atoms with Gasteiger partial charge in [-0.05, 0) is 25.7 Å². The van der Waals surface area contributed by atoms with Crippen molar-refractivity contribution in [3.05, 3.63) is 0 Å². The van der Waals surface area contributed by atoms with Gasteiger partial charge >= 0.3 is 12.4 Å². The molecular weight excluding hydrogens is 262 g/mol. The summed E-state index contributed by atoms with van der Waals surface area (Å²) in [6.45, 7) is 0. The lowest BCUT2D eigenvalue weighted by Crippen LogP contribution is -2.62. The van der Waals surface area contributed by atoms with Crippen LogP contribution in [0.1, 0.15) is 38.5 Å². The molecule has 0 heterocycles. The molecule has 0 unspecified atom stereocenters. The minimum absolute atomic E-state index is 0.152. The molecular formula is C11H12F6O. The van der Waals surface area contributed by atoms with Gasteiger partial charge in [-0.25, -0.2) is 0 Å². The van der Waals surface area contributed by atoms with E-state index in [9.17, 15) is 31.1 Å². The van der Waals surface area contributed by atoms with Crippen LogP contribution in [0, 0.1) is 10.8 Å². The third-order valence-corrected chi connectivity index (χ3v) is 4.37. The second kappa shape index (κ2) is 3.63. The van der Waals surface area contributed by atoms with E-state index in [4.69, 9.17) is 0 Å². The maximum Gasteiger partial charge on any atom is 0.401 e. The summed E-state index contributed by atoms with van der Waals surface area (Å²) in [5.41, 5.74) is -5.49. The summed E-state index contributed by atoms with van der Waals surface area (Å²) in [5.74, 6) is -1.65. The summed E-state index contributed by atoms with van der Waals surface area (Å²) >= 11 is 0. The molecule has 0 spiro atoms. The molecule has 0 radical (unpaired) electrons. The van der Waals surface area contributed by atoms with E-state index in [2.05, 4.69) is 0 Å². The van der Waals surface area contributed by atoms with Gasteiger partial charge in [0.25, 0.3) is 0 Å². The fraction of sp³-hybridized carbons (Fsp3) is 0.909. The molecule has 2 aliphatic rings. The number of carbonyl (C=O) groups is 1. The molecule has 2 aliphatic carbocycles. The Bertz CT molecular complexity index is 325. The molecule has 1 nitrogen and oxygen atoms in total. The normalized spacial score (nSPS) is 26.1. The van der Waals surface area contributed by atoms with Gasteiger partial charge in [-0.1, -0.05) is 12.8 Å². The first-order valence-electron chi connectivity index (χ1n) is 5.75. The Kier molecular flexibility index (Phi) is 2.76. The van der Waals surface area contributed by atoms with E-state index in [1.165, 1.54) is 0 Å². The van der Waals surface area contributed by atoms with Crippen molar-refractivity contribution >= 4 is 5.78 Å². The van der Waals surface area contributed by atoms with Crippen LogP contribution in [-0.4, -0.2) is 18.1 Å². The second-order valence-corrected chi connectivity index (χ2v) is 5.20. The Hall–Kier alpha value is -0.750. The van der Waals surface area contributed by atoms with Crippen molar-refractivity contribution in [2.45, 2.75) is 50.9 Å². The van der Waals surface area contributed by atoms with Gasteiger partial charge in [-0.3, -0.25) is 4.79 Å². The van der Waals surface area contributed by atoms with Crippen LogP contribution >= 0.6 is 0 Å². The Morgan fingerprint density at radius 3 is 1.11 bits per heavy atom. The Labute approximate surface area is 99.5 Å². The average Bonchev–Trinajstić information content (AvgIpc) is 1.90. The average molecular weight is 274 g/mol. The van der Waals surface area contributed by atoms with Crippen molar-refractivity contribution in [3.8, 4) is 0 Å². The first-order valence-corrected chi connectivity index (χ1v) is 5.75. The van der Waals surface area contributed by atoms with Gasteiger partial charge in [0.1, 0.15) is 10.8 Å². The van der Waals surface area contributed by atoms with Gasteiger partial charge in [0, 0.05) is 0 Å². The number of hydrogen-bond donors (Lipinski definition) is 0. The molecule has 0 amide bonds. The van der Waals surface area contributed by atoms with Gasteiger partial charge in [-0.2, -0.15) is 26.3 Å². The largest absolute Gasteiger partial charge is 0.401 e. The topological polar surface area (TPSA) is 17.1 Å². The quantitative estimate of drug-likeness (QED) is 0.695. The molecule has 0 aromatic rings. The molecule has 0 N–H and O–H groups in total. The molecule has 0 bridgehead atoms. The molecule has 0 aromatic carbocycles. The zero-order valence-corrected chi connectivity index (χ0v) is 9.42. The van der Waals surface area contributed by atoms with E-state index in [-0.39, 0.29) is 12.8 Å². The van der Waals surface area contributed by atoms with E-state index >= 15 is 0 Å². The smallest absolute Gasteiger partial charge is 0.298 e. The van der Waals surface area contributed by atoms with Gasteiger partial charge in [-0.15, -0.1) is 0 Å². The van der Waals surface area contributed by atoms with E-state index in [1.54, 1.807) is 0 Å². The van der Waals surface area contributed by atoms with Crippen LogP contribution in [0.25, 0.3) is 0 Å². The third kappa shape index (κ3) is 1.51. The molecule has 0 aromatic heterocycles. The number of ketones is 1. The zero-order valence-electron chi connectivity index (χ0n) is 9.42. The Morgan fingerprint density at radius 2 is 1.00 bits per heavy atom. The van der Waals surface area contributed by atoms with Crippen molar-refractivity contribution < 1.29 is 31.1 Å². The number of carbonyl (C=O) groups excluding carboxylic acids is 1. The summed E-state index contributed by atoms with van der Waals surface area (Å²) in [4.78, 5) is 11.9. The van der Waals surface area contributed by atoms with Crippen LogP contribution in [0.15, 0.2) is 0 Å². The minimum Gasteiger partial charge on any atom is -0.298 e. The molecule has 2 fully saturated rings. The van der Waals surface area contributed by atoms with Gasteiger partial charge < -0.3 is 0 Å². The summed E-state index contributed by atoms with van der Waals surface area (Å²) in [6, 6.07) is 0. The van der Waals surface area contributed by atoms with Crippen LogP contribution < -0.4 is 0 Å². The number of rotatable bonds is 2. The first-order chi connectivity index (χ1) is 8.07. The fourth-order valence-corrected chi connectivity index (χ4v) is 2.80. The lowest BCUT2D eigenvalue weighted by atomic mass is 9.53. The van der Waals surface area contributed by atoms with Crippen LogP contribution in [0.4, 0.5) is 26.3 Å². The SMILES string of the molecule is O=C(C1(C(F)(F)F)CCC1)C1(C(F)(F)F)CCC1. The van der Waals surface area contributed by atoms with E-state index in [0.29, 0.717) is 0 Å². The van der Waals surface area contributed by atoms with Crippen molar-refractivity contribution in [2.24, 2.45) is 10.8 Å². The van der Waals surface area contributed by atoms with E-state index < -0.39 is 54.6 Å². The predicted molar refractivity (Wildman–Crippen MR) is 49.7 cm³/mol. The van der Waals surface area contributed by atoms with Gasteiger partial charge in [0.05, 0.1) is 0 Å². The highest BCUT2D eigenvalue weighted by Crippen LogP contribution is 2.63. The lowest BCUT2D eigenvalue weighted by Gasteiger charge is -2.51. The highest BCUT2D eigenvalue weighted by Gasteiger charge is 2.73. The summed E-state index contributed by atoms with van der Waals surface area (Å²) in [7, 11) is 0. The first kappa shape index (κ1) is 13.7. The maximum absolute atomic E-state index is 12.9. The van der Waals surface area contributed by atoms with Crippen molar-refractivity contribution in [3.63, 3.8) is 0 Å². The molecule has 7 heteroatoms. The minimum atomic E-state index is -4.88. The highest BCUT2D eigenvalue weighted by molar-refractivity contribution is 5.93. The lowest BCUT2D eigenvalue weighted by molar-refractivity contribution is -0.278. The van der Waals surface area contributed by atoms with Crippen molar-refractivity contribution in [1.82, 2.24) is 0 Å². The maximum atomic E-state index is 12.9. The predicted octanol–water partition coefficient (Wildman–Crippen LogP) is 4.02. The number of alkyl halides is 6. The molecule has 0 saturated heterocycles. The van der Waals surface area contributed by atoms with Crippen LogP contribution in [0.2, 0.25) is 0 Å². The molecule has 2 saturated carbocycles. The number of halogens is 6. The van der Waals surface area contributed by atoms with Crippen LogP contribution in [0.3, 0.4) is 0 Å². The number of hydrogen-bond acceptors (Lipinski definition) is 1. The van der Waals surface area contributed by atoms with Crippen molar-refractivity contribution in [2.75, 3.05) is 0 Å². The Balaban J connectivity index is 2.36. The van der Waals surface area contributed by atoms with E-state index in [1.807, 2.05) is 0 Å². The van der Waals surface area contributed by atoms with E-state index in [0.717, 1.165) is 0 Å². The molecule has 2 rings (SSSR count). The standard InChI is InChI=1S/C11H12F6O/c12-10(13,14)8(3-1-4-8)7(18)9(5-2-6-9)11(15,16)17/h1-6H2. The summed E-state index contributed by atoms with van der Waals surface area (Å²) in [5, 5.41) is 0. The highest BCUT2D eigenvalue weighted by atomic mass is 19.4. The monoisotopic (exact) mass is 274 g/mol. The third-order valence-electron chi connectivity index (χ3n) is 4.37. The second-order valence-electron chi connectivity index (χ2n) is 5.20. The van der Waals surface area contributed by atoms with Crippen molar-refractivity contribution in [1.29, 1.82) is 0 Å². The van der Waals surface area contributed by atoms with Crippen LogP contribution in [-0.2, 0) is 4.79 Å². The van der Waals surface area contributed by atoms with Gasteiger partial charge in [0.15, 0.2) is 5.78 Å².